The van der Waals surface area contributed by atoms with E-state index in [0.717, 1.165) is 30.4 Å². The van der Waals surface area contributed by atoms with Crippen molar-refractivity contribution < 1.29 is 9.32 Å². The summed E-state index contributed by atoms with van der Waals surface area (Å²) in [6, 6.07) is 17.9. The van der Waals surface area contributed by atoms with E-state index in [1.165, 1.54) is 5.56 Å². The molecule has 3 aromatic rings. The number of carbonyl (C=O) groups excluding carboxylic acids is 1. The number of alkyl halides is 1. The van der Waals surface area contributed by atoms with E-state index in [-0.39, 0.29) is 18.6 Å². The maximum atomic E-state index is 13.4. The standard InChI is InChI=1S/C25H31IN4O2/c1-5-6-16-25(26,21-14-12-19(4)13-15-21)28-24(31)30(18(2)3)17-22-27-23(29-32-22)20-10-8-7-9-11-20/h7-15,18H,5-6,16-17H2,1-4H3,(H,28,31)/t25-/m1/s1. The molecule has 1 aromatic heterocycles. The Morgan fingerprint density at radius 2 is 1.84 bits per heavy atom. The molecule has 0 aliphatic rings. The fourth-order valence-corrected chi connectivity index (χ4v) is 4.39. The van der Waals surface area contributed by atoms with Crippen molar-refractivity contribution in [3.05, 3.63) is 71.6 Å². The van der Waals surface area contributed by atoms with Gasteiger partial charge in [0, 0.05) is 11.6 Å². The Labute approximate surface area is 203 Å². The van der Waals surface area contributed by atoms with Crippen molar-refractivity contribution in [1.29, 1.82) is 0 Å². The molecule has 0 saturated carbocycles. The number of nitrogens with one attached hydrogen (secondary N) is 1. The molecule has 170 valence electrons. The van der Waals surface area contributed by atoms with Crippen LogP contribution < -0.4 is 5.32 Å². The number of hydrogen-bond donors (Lipinski definition) is 1. The average Bonchev–Trinajstić information content (AvgIpc) is 3.25. The minimum absolute atomic E-state index is 0.0353. The van der Waals surface area contributed by atoms with Gasteiger partial charge < -0.3 is 14.7 Å². The maximum absolute atomic E-state index is 13.4. The minimum Gasteiger partial charge on any atom is -0.337 e. The summed E-state index contributed by atoms with van der Waals surface area (Å²) in [5.74, 6) is 0.936. The lowest BCUT2D eigenvalue weighted by molar-refractivity contribution is 0.164. The summed E-state index contributed by atoms with van der Waals surface area (Å²) >= 11 is 2.38. The Kier molecular flexibility index (Phi) is 8.28. The van der Waals surface area contributed by atoms with Gasteiger partial charge in [0.25, 0.3) is 0 Å². The van der Waals surface area contributed by atoms with Gasteiger partial charge in [-0.1, -0.05) is 85.1 Å². The van der Waals surface area contributed by atoms with Gasteiger partial charge in [-0.05, 0) is 55.3 Å². The number of nitrogens with zero attached hydrogens (tertiary/aromatic N) is 3. The largest absolute Gasteiger partial charge is 0.337 e. The Bertz CT molecular complexity index is 1000. The quantitative estimate of drug-likeness (QED) is 0.190. The van der Waals surface area contributed by atoms with Crippen LogP contribution in [-0.2, 0) is 10.1 Å². The first kappa shape index (κ1) is 24.2. The summed E-state index contributed by atoms with van der Waals surface area (Å²) in [6.45, 7) is 8.45. The molecule has 0 spiro atoms. The van der Waals surface area contributed by atoms with Crippen LogP contribution in [0.4, 0.5) is 4.79 Å². The van der Waals surface area contributed by atoms with Crippen LogP contribution in [-0.4, -0.2) is 27.1 Å². The molecular formula is C25H31IN4O2. The number of rotatable bonds is 9. The number of urea groups is 1. The van der Waals surface area contributed by atoms with Crippen LogP contribution >= 0.6 is 22.6 Å². The molecule has 3 rings (SSSR count). The van der Waals surface area contributed by atoms with Crippen LogP contribution in [0.25, 0.3) is 11.4 Å². The molecule has 32 heavy (non-hydrogen) atoms. The summed E-state index contributed by atoms with van der Waals surface area (Å²) in [4.78, 5) is 19.6. The van der Waals surface area contributed by atoms with Crippen LogP contribution in [0, 0.1) is 6.92 Å². The van der Waals surface area contributed by atoms with E-state index in [1.807, 2.05) is 44.2 Å². The van der Waals surface area contributed by atoms with E-state index in [1.54, 1.807) is 4.90 Å². The van der Waals surface area contributed by atoms with Crippen LogP contribution in [0.2, 0.25) is 0 Å². The minimum atomic E-state index is -0.490. The zero-order valence-electron chi connectivity index (χ0n) is 19.1. The van der Waals surface area contributed by atoms with E-state index in [0.29, 0.717) is 11.7 Å². The van der Waals surface area contributed by atoms with Gasteiger partial charge in [0.2, 0.25) is 11.7 Å². The van der Waals surface area contributed by atoms with Crippen molar-refractivity contribution in [2.75, 3.05) is 0 Å². The molecule has 0 aliphatic carbocycles. The first-order valence-corrected chi connectivity index (χ1v) is 12.1. The van der Waals surface area contributed by atoms with Crippen LogP contribution in [0.5, 0.6) is 0 Å². The maximum Gasteiger partial charge on any atom is 0.319 e. The molecule has 0 unspecified atom stereocenters. The van der Waals surface area contributed by atoms with Gasteiger partial charge in [-0.3, -0.25) is 0 Å². The van der Waals surface area contributed by atoms with E-state index in [4.69, 9.17) is 4.52 Å². The van der Waals surface area contributed by atoms with Gasteiger partial charge in [-0.15, -0.1) is 0 Å². The van der Waals surface area contributed by atoms with E-state index in [9.17, 15) is 4.79 Å². The molecule has 6 nitrogen and oxygen atoms in total. The number of amides is 2. The number of benzene rings is 2. The molecule has 0 fully saturated rings. The summed E-state index contributed by atoms with van der Waals surface area (Å²) < 4.78 is 4.97. The molecule has 2 aromatic carbocycles. The number of aromatic nitrogens is 2. The molecule has 0 saturated heterocycles. The monoisotopic (exact) mass is 546 g/mol. The van der Waals surface area contributed by atoms with Crippen molar-refractivity contribution >= 4 is 28.6 Å². The second kappa shape index (κ2) is 10.9. The fourth-order valence-electron chi connectivity index (χ4n) is 3.42. The van der Waals surface area contributed by atoms with Gasteiger partial charge in [0.05, 0.1) is 0 Å². The third-order valence-corrected chi connectivity index (χ3v) is 6.81. The van der Waals surface area contributed by atoms with Gasteiger partial charge in [0.15, 0.2) is 0 Å². The number of unbranched alkanes of at least 4 members (excludes halogenated alkanes) is 1. The van der Waals surface area contributed by atoms with Gasteiger partial charge >= 0.3 is 6.03 Å². The van der Waals surface area contributed by atoms with Gasteiger partial charge in [-0.2, -0.15) is 4.98 Å². The van der Waals surface area contributed by atoms with Crippen molar-refractivity contribution in [3.63, 3.8) is 0 Å². The second-order valence-electron chi connectivity index (χ2n) is 8.30. The van der Waals surface area contributed by atoms with Crippen LogP contribution in [0.1, 0.15) is 57.1 Å². The smallest absolute Gasteiger partial charge is 0.319 e. The van der Waals surface area contributed by atoms with Crippen LogP contribution in [0.3, 0.4) is 0 Å². The Morgan fingerprint density at radius 3 is 2.47 bits per heavy atom. The molecule has 0 bridgehead atoms. The predicted octanol–water partition coefficient (Wildman–Crippen LogP) is 6.44. The third-order valence-electron chi connectivity index (χ3n) is 5.38. The third kappa shape index (κ3) is 6.09. The van der Waals surface area contributed by atoms with E-state index < -0.39 is 3.55 Å². The highest BCUT2D eigenvalue weighted by Crippen LogP contribution is 2.35. The Balaban J connectivity index is 1.78. The highest BCUT2D eigenvalue weighted by atomic mass is 127. The molecule has 0 aliphatic heterocycles. The first-order chi connectivity index (χ1) is 15.3. The van der Waals surface area contributed by atoms with Crippen molar-refractivity contribution in [1.82, 2.24) is 20.4 Å². The molecule has 7 heteroatoms. The Hall–Kier alpha value is -2.42. The summed E-state index contributed by atoms with van der Waals surface area (Å²) in [7, 11) is 0. The highest BCUT2D eigenvalue weighted by Gasteiger charge is 2.33. The lowest BCUT2D eigenvalue weighted by Gasteiger charge is -2.34. The van der Waals surface area contributed by atoms with Crippen molar-refractivity contribution in [2.45, 2.75) is 63.1 Å². The number of carbonyl (C=O) groups is 1. The topological polar surface area (TPSA) is 71.3 Å². The summed E-state index contributed by atoms with van der Waals surface area (Å²) in [5, 5.41) is 7.37. The van der Waals surface area contributed by atoms with Crippen molar-refractivity contribution in [3.8, 4) is 11.4 Å². The summed E-state index contributed by atoms with van der Waals surface area (Å²) in [6.07, 6.45) is 2.93. The zero-order chi connectivity index (χ0) is 23.1. The highest BCUT2D eigenvalue weighted by molar-refractivity contribution is 14.1. The fraction of sp³-hybridized carbons (Fsp3) is 0.400. The second-order valence-corrected chi connectivity index (χ2v) is 10.1. The normalized spacial score (nSPS) is 13.1. The van der Waals surface area contributed by atoms with E-state index in [2.05, 4.69) is 76.2 Å². The Morgan fingerprint density at radius 1 is 1.16 bits per heavy atom. The van der Waals surface area contributed by atoms with Gasteiger partial charge in [-0.25, -0.2) is 4.79 Å². The molecular weight excluding hydrogens is 515 g/mol. The van der Waals surface area contributed by atoms with Gasteiger partial charge in [0.1, 0.15) is 10.1 Å². The first-order valence-electron chi connectivity index (χ1n) is 11.0. The number of hydrogen-bond acceptors (Lipinski definition) is 4. The zero-order valence-corrected chi connectivity index (χ0v) is 21.3. The molecule has 1 heterocycles. The van der Waals surface area contributed by atoms with E-state index >= 15 is 0 Å². The molecule has 0 radical (unpaired) electrons. The van der Waals surface area contributed by atoms with Crippen LogP contribution in [0.15, 0.2) is 59.1 Å². The predicted molar refractivity (Wildman–Crippen MR) is 135 cm³/mol. The van der Waals surface area contributed by atoms with Crippen molar-refractivity contribution in [2.24, 2.45) is 0 Å². The molecule has 2 amide bonds. The number of halogens is 1. The summed E-state index contributed by atoms with van der Waals surface area (Å²) in [5.41, 5.74) is 3.18. The average molecular weight is 546 g/mol. The SMILES string of the molecule is CCCC[C@@](I)(NC(=O)N(Cc1nc(-c2ccccc2)no1)C(C)C)c1ccc(C)cc1. The lowest BCUT2D eigenvalue weighted by Crippen LogP contribution is -2.50. The molecule has 1 atom stereocenters. The molecule has 1 N–H and O–H groups in total. The lowest BCUT2D eigenvalue weighted by atomic mass is 10.00. The number of aryl methyl sites for hydroxylation is 1.